The van der Waals surface area contributed by atoms with E-state index in [1.807, 2.05) is 0 Å². The van der Waals surface area contributed by atoms with Gasteiger partial charge in [-0.2, -0.15) is 0 Å². The quantitative estimate of drug-likeness (QED) is 0.855. The highest BCUT2D eigenvalue weighted by molar-refractivity contribution is 5.42. The number of nitrogens with one attached hydrogen (secondary N) is 1. The maximum Gasteiger partial charge on any atom is 0.125 e. The molecule has 3 aliphatic rings. The lowest BCUT2D eigenvalue weighted by Crippen LogP contribution is -2.49. The van der Waals surface area contributed by atoms with E-state index in [2.05, 4.69) is 35.3 Å². The molecule has 3 heterocycles. The van der Waals surface area contributed by atoms with Gasteiger partial charge in [0.15, 0.2) is 0 Å². The minimum atomic E-state index is -0.0102. The average Bonchev–Trinajstić information content (AvgIpc) is 2.95. The van der Waals surface area contributed by atoms with Crippen molar-refractivity contribution in [3.8, 4) is 5.75 Å². The third-order valence-electron chi connectivity index (χ3n) is 5.11. The standard InChI is InChI=1S/C17H24N2O2/c1-13-2-3-14-15(19-6-8-20-9-7-19)11-17(4-5-18-12-17)21-16(14)10-13/h2-3,10,15,18H,4-9,11-12H2,1H3. The molecular formula is C17H24N2O2. The van der Waals surface area contributed by atoms with Crippen LogP contribution in [0.5, 0.6) is 5.75 Å². The number of hydrogen-bond acceptors (Lipinski definition) is 4. The Hall–Kier alpha value is -1.10. The first-order valence-corrected chi connectivity index (χ1v) is 8.08. The average molecular weight is 288 g/mol. The SMILES string of the molecule is Cc1ccc2c(c1)OC1(CCNC1)CC2N1CCOCC1. The highest BCUT2D eigenvalue weighted by atomic mass is 16.5. The summed E-state index contributed by atoms with van der Waals surface area (Å²) in [6.45, 7) is 7.94. The predicted molar refractivity (Wildman–Crippen MR) is 81.8 cm³/mol. The maximum atomic E-state index is 6.46. The molecule has 2 fully saturated rings. The van der Waals surface area contributed by atoms with Gasteiger partial charge >= 0.3 is 0 Å². The molecule has 114 valence electrons. The van der Waals surface area contributed by atoms with E-state index in [9.17, 15) is 0 Å². The second kappa shape index (κ2) is 5.27. The summed E-state index contributed by atoms with van der Waals surface area (Å²) in [4.78, 5) is 2.58. The number of benzene rings is 1. The summed E-state index contributed by atoms with van der Waals surface area (Å²) in [5.74, 6) is 1.10. The zero-order chi connectivity index (χ0) is 14.3. The van der Waals surface area contributed by atoms with E-state index in [1.54, 1.807) is 0 Å². The van der Waals surface area contributed by atoms with Crippen LogP contribution in [-0.2, 0) is 4.74 Å². The van der Waals surface area contributed by atoms with E-state index >= 15 is 0 Å². The van der Waals surface area contributed by atoms with E-state index in [0.717, 1.165) is 58.0 Å². The fourth-order valence-electron chi connectivity index (χ4n) is 3.94. The first-order valence-electron chi connectivity index (χ1n) is 8.08. The number of fused-ring (bicyclic) bond motifs is 1. The third-order valence-corrected chi connectivity index (χ3v) is 5.11. The van der Waals surface area contributed by atoms with Gasteiger partial charge in [-0.1, -0.05) is 12.1 Å². The van der Waals surface area contributed by atoms with Crippen LogP contribution in [0.2, 0.25) is 0 Å². The monoisotopic (exact) mass is 288 g/mol. The molecule has 2 unspecified atom stereocenters. The van der Waals surface area contributed by atoms with Gasteiger partial charge in [0.1, 0.15) is 11.4 Å². The predicted octanol–water partition coefficient (Wildman–Crippen LogP) is 1.88. The molecule has 2 saturated heterocycles. The van der Waals surface area contributed by atoms with E-state index in [0.29, 0.717) is 6.04 Å². The van der Waals surface area contributed by atoms with Crippen LogP contribution in [0.3, 0.4) is 0 Å². The normalized spacial score (nSPS) is 32.9. The van der Waals surface area contributed by atoms with Crippen molar-refractivity contribution in [1.29, 1.82) is 0 Å². The number of rotatable bonds is 1. The summed E-state index contributed by atoms with van der Waals surface area (Å²) in [7, 11) is 0. The van der Waals surface area contributed by atoms with Gasteiger partial charge in [0.2, 0.25) is 0 Å². The molecule has 1 N–H and O–H groups in total. The first kappa shape index (κ1) is 13.6. The molecule has 0 aliphatic carbocycles. The Bertz CT molecular complexity index is 520. The Balaban J connectivity index is 1.70. The van der Waals surface area contributed by atoms with Crippen LogP contribution in [-0.4, -0.2) is 49.9 Å². The minimum Gasteiger partial charge on any atom is -0.485 e. The first-order chi connectivity index (χ1) is 10.3. The second-order valence-corrected chi connectivity index (χ2v) is 6.62. The number of morpholine rings is 1. The fourth-order valence-corrected chi connectivity index (χ4v) is 3.94. The van der Waals surface area contributed by atoms with E-state index < -0.39 is 0 Å². The van der Waals surface area contributed by atoms with Crippen molar-refractivity contribution in [2.45, 2.75) is 31.4 Å². The number of hydrogen-bond donors (Lipinski definition) is 1. The number of nitrogens with zero attached hydrogens (tertiary/aromatic N) is 1. The van der Waals surface area contributed by atoms with Gasteiger partial charge in [-0.05, 0) is 25.1 Å². The Morgan fingerprint density at radius 2 is 2.14 bits per heavy atom. The molecule has 0 radical (unpaired) electrons. The zero-order valence-corrected chi connectivity index (χ0v) is 12.7. The molecule has 0 bridgehead atoms. The minimum absolute atomic E-state index is 0.0102. The van der Waals surface area contributed by atoms with Gasteiger partial charge < -0.3 is 14.8 Å². The Kier molecular flexibility index (Phi) is 3.40. The molecule has 1 aromatic carbocycles. The van der Waals surface area contributed by atoms with Crippen LogP contribution in [0.1, 0.15) is 30.0 Å². The Morgan fingerprint density at radius 1 is 1.29 bits per heavy atom. The van der Waals surface area contributed by atoms with Crippen LogP contribution < -0.4 is 10.1 Å². The van der Waals surface area contributed by atoms with Crippen LogP contribution in [0.15, 0.2) is 18.2 Å². The second-order valence-electron chi connectivity index (χ2n) is 6.62. The van der Waals surface area contributed by atoms with Crippen molar-refractivity contribution in [2.24, 2.45) is 0 Å². The topological polar surface area (TPSA) is 33.7 Å². The molecule has 4 rings (SSSR count). The van der Waals surface area contributed by atoms with Crippen LogP contribution in [0, 0.1) is 6.92 Å². The van der Waals surface area contributed by atoms with E-state index in [-0.39, 0.29) is 5.60 Å². The van der Waals surface area contributed by atoms with Gasteiger partial charge in [-0.25, -0.2) is 0 Å². The molecule has 3 aliphatic heterocycles. The molecule has 0 amide bonds. The van der Waals surface area contributed by atoms with Crippen molar-refractivity contribution >= 4 is 0 Å². The lowest BCUT2D eigenvalue weighted by atomic mass is 9.85. The molecule has 4 heteroatoms. The van der Waals surface area contributed by atoms with Crippen LogP contribution >= 0.6 is 0 Å². The summed E-state index contributed by atoms with van der Waals surface area (Å²) >= 11 is 0. The molecule has 2 atom stereocenters. The van der Waals surface area contributed by atoms with Gasteiger partial charge in [0.05, 0.1) is 13.2 Å². The highest BCUT2D eigenvalue weighted by Gasteiger charge is 2.44. The highest BCUT2D eigenvalue weighted by Crippen LogP contribution is 2.45. The van der Waals surface area contributed by atoms with Gasteiger partial charge in [-0.3, -0.25) is 4.90 Å². The third kappa shape index (κ3) is 2.45. The van der Waals surface area contributed by atoms with Gasteiger partial charge in [0, 0.05) is 44.1 Å². The molecule has 1 spiro atoms. The lowest BCUT2D eigenvalue weighted by Gasteiger charge is -2.45. The maximum absolute atomic E-state index is 6.46. The smallest absolute Gasteiger partial charge is 0.125 e. The van der Waals surface area contributed by atoms with Crippen molar-refractivity contribution in [3.63, 3.8) is 0 Å². The Labute approximate surface area is 126 Å². The number of aryl methyl sites for hydroxylation is 1. The summed E-state index contributed by atoms with van der Waals surface area (Å²) in [6, 6.07) is 7.15. The van der Waals surface area contributed by atoms with Crippen molar-refractivity contribution in [1.82, 2.24) is 10.2 Å². The molecular weight excluding hydrogens is 264 g/mol. The van der Waals surface area contributed by atoms with Gasteiger partial charge in [0.25, 0.3) is 0 Å². The van der Waals surface area contributed by atoms with E-state index in [4.69, 9.17) is 9.47 Å². The van der Waals surface area contributed by atoms with Crippen LogP contribution in [0.4, 0.5) is 0 Å². The summed E-state index contributed by atoms with van der Waals surface area (Å²) < 4.78 is 12.0. The molecule has 0 aromatic heterocycles. The van der Waals surface area contributed by atoms with Crippen molar-refractivity contribution in [3.05, 3.63) is 29.3 Å². The fraction of sp³-hybridized carbons (Fsp3) is 0.647. The molecule has 21 heavy (non-hydrogen) atoms. The summed E-state index contributed by atoms with van der Waals surface area (Å²) in [5, 5.41) is 3.48. The van der Waals surface area contributed by atoms with Crippen LogP contribution in [0.25, 0.3) is 0 Å². The molecule has 0 saturated carbocycles. The largest absolute Gasteiger partial charge is 0.485 e. The summed E-state index contributed by atoms with van der Waals surface area (Å²) in [6.07, 6.45) is 2.21. The Morgan fingerprint density at radius 3 is 2.90 bits per heavy atom. The van der Waals surface area contributed by atoms with Crippen molar-refractivity contribution < 1.29 is 9.47 Å². The lowest BCUT2D eigenvalue weighted by molar-refractivity contribution is -0.0258. The molecule has 1 aromatic rings. The van der Waals surface area contributed by atoms with Crippen molar-refractivity contribution in [2.75, 3.05) is 39.4 Å². The zero-order valence-electron chi connectivity index (χ0n) is 12.7. The molecule has 4 nitrogen and oxygen atoms in total. The number of ether oxygens (including phenoxy) is 2. The summed E-state index contributed by atoms with van der Waals surface area (Å²) in [5.41, 5.74) is 2.63. The van der Waals surface area contributed by atoms with E-state index in [1.165, 1.54) is 11.1 Å². The van der Waals surface area contributed by atoms with Gasteiger partial charge in [-0.15, -0.1) is 0 Å².